The summed E-state index contributed by atoms with van der Waals surface area (Å²) >= 11 is 6.09. The minimum Gasteiger partial charge on any atom is -0.452 e. The number of nitrogens with zero attached hydrogens (tertiary/aromatic N) is 3. The molecule has 9 heteroatoms. The minimum atomic E-state index is -2.98. The van der Waals surface area contributed by atoms with Crippen LogP contribution in [0.25, 0.3) is 10.9 Å². The van der Waals surface area contributed by atoms with Gasteiger partial charge in [-0.3, -0.25) is 10.1 Å². The number of alkyl halides is 2. The zero-order valence-electron chi connectivity index (χ0n) is 15.2. The molecule has 0 unspecified atom stereocenters. The van der Waals surface area contributed by atoms with Crippen LogP contribution >= 0.6 is 11.6 Å². The number of hydrogen-bond acceptors (Lipinski definition) is 4. The van der Waals surface area contributed by atoms with E-state index in [0.717, 1.165) is 5.39 Å². The first-order valence-corrected chi connectivity index (χ1v) is 9.10. The summed E-state index contributed by atoms with van der Waals surface area (Å²) in [4.78, 5) is 3.98. The van der Waals surface area contributed by atoms with Crippen LogP contribution in [0.15, 0.2) is 48.8 Å². The number of nitriles is 1. The van der Waals surface area contributed by atoms with Crippen molar-refractivity contribution in [3.05, 3.63) is 82.0 Å². The second-order valence-electron chi connectivity index (χ2n) is 6.35. The fraction of sp³-hybridized carbons (Fsp3) is 0.0952. The maximum Gasteiger partial charge on any atom is 0.268 e. The lowest BCUT2D eigenvalue weighted by atomic mass is 10.1. The van der Waals surface area contributed by atoms with Gasteiger partial charge >= 0.3 is 0 Å². The van der Waals surface area contributed by atoms with Gasteiger partial charge in [0.15, 0.2) is 11.6 Å². The van der Waals surface area contributed by atoms with Gasteiger partial charge in [-0.25, -0.2) is 13.2 Å². The molecule has 2 heterocycles. The van der Waals surface area contributed by atoms with E-state index < -0.39 is 23.6 Å². The van der Waals surface area contributed by atoms with E-state index in [1.54, 1.807) is 24.5 Å². The lowest BCUT2D eigenvalue weighted by Gasteiger charge is -2.15. The van der Waals surface area contributed by atoms with Gasteiger partial charge in [0, 0.05) is 23.7 Å². The average Bonchev–Trinajstić information content (AvgIpc) is 3.15. The molecule has 0 spiro atoms. The molecule has 0 saturated carbocycles. The molecule has 0 amide bonds. The van der Waals surface area contributed by atoms with Gasteiger partial charge in [0.1, 0.15) is 11.3 Å². The first kappa shape index (κ1) is 19.7. The largest absolute Gasteiger partial charge is 0.452 e. The van der Waals surface area contributed by atoms with E-state index in [0.29, 0.717) is 11.2 Å². The van der Waals surface area contributed by atoms with E-state index in [-0.39, 0.29) is 28.3 Å². The Morgan fingerprint density at radius 3 is 2.80 bits per heavy atom. The molecular formula is C21H12ClF3N4O. The van der Waals surface area contributed by atoms with Crippen LogP contribution in [-0.2, 0) is 6.42 Å². The Hall–Kier alpha value is -3.57. The van der Waals surface area contributed by atoms with Gasteiger partial charge in [-0.1, -0.05) is 23.7 Å². The normalized spacial score (nSPS) is 11.1. The summed E-state index contributed by atoms with van der Waals surface area (Å²) in [5.41, 5.74) is 0.639. The third-order valence-corrected chi connectivity index (χ3v) is 4.85. The summed E-state index contributed by atoms with van der Waals surface area (Å²) in [6, 6.07) is 10.2. The van der Waals surface area contributed by atoms with Gasteiger partial charge in [-0.05, 0) is 29.8 Å². The van der Waals surface area contributed by atoms with E-state index in [2.05, 4.69) is 15.2 Å². The van der Waals surface area contributed by atoms with Crippen LogP contribution in [0.1, 0.15) is 28.8 Å². The number of nitrogens with one attached hydrogen (secondary N) is 1. The lowest BCUT2D eigenvalue weighted by Crippen LogP contribution is -2.01. The van der Waals surface area contributed by atoms with Gasteiger partial charge in [-0.2, -0.15) is 10.4 Å². The van der Waals surface area contributed by atoms with Crippen molar-refractivity contribution in [1.82, 2.24) is 15.2 Å². The summed E-state index contributed by atoms with van der Waals surface area (Å²) in [5, 5.41) is 16.8. The Kier molecular flexibility index (Phi) is 5.29. The Balaban J connectivity index is 1.74. The number of pyridine rings is 1. The lowest BCUT2D eigenvalue weighted by molar-refractivity contribution is 0.147. The minimum absolute atomic E-state index is 0.0857. The molecule has 150 valence electrons. The summed E-state index contributed by atoms with van der Waals surface area (Å²) in [7, 11) is 0. The first-order valence-electron chi connectivity index (χ1n) is 8.72. The number of H-pyrrole nitrogens is 1. The smallest absolute Gasteiger partial charge is 0.268 e. The highest BCUT2D eigenvalue weighted by Gasteiger charge is 2.23. The topological polar surface area (TPSA) is 74.6 Å². The Morgan fingerprint density at radius 2 is 2.03 bits per heavy atom. The molecule has 0 aliphatic carbocycles. The quantitative estimate of drug-likeness (QED) is 0.426. The molecule has 0 bridgehead atoms. The molecule has 0 aliphatic heterocycles. The highest BCUT2D eigenvalue weighted by molar-refractivity contribution is 6.32. The predicted octanol–water partition coefficient (Wildman–Crippen LogP) is 5.94. The molecule has 0 fully saturated rings. The van der Waals surface area contributed by atoms with Crippen LogP contribution in [0.5, 0.6) is 11.5 Å². The van der Waals surface area contributed by atoms with Crippen molar-refractivity contribution in [2.75, 3.05) is 0 Å². The third-order valence-electron chi connectivity index (χ3n) is 4.55. The molecule has 0 atom stereocenters. The van der Waals surface area contributed by atoms with Crippen LogP contribution in [0.3, 0.4) is 0 Å². The Morgan fingerprint density at radius 1 is 1.20 bits per heavy atom. The summed E-state index contributed by atoms with van der Waals surface area (Å²) < 4.78 is 47.6. The number of aromatic amines is 1. The number of benzene rings is 2. The molecular weight excluding hydrogens is 417 g/mol. The van der Waals surface area contributed by atoms with Crippen molar-refractivity contribution in [2.45, 2.75) is 12.8 Å². The fourth-order valence-electron chi connectivity index (χ4n) is 3.11. The van der Waals surface area contributed by atoms with E-state index in [1.165, 1.54) is 30.3 Å². The number of halogens is 4. The third kappa shape index (κ3) is 3.55. The summed E-state index contributed by atoms with van der Waals surface area (Å²) in [5.74, 6) is -1.52. The molecule has 2 aromatic carbocycles. The van der Waals surface area contributed by atoms with Crippen LogP contribution in [-0.4, -0.2) is 15.2 Å². The maximum atomic E-state index is 15.2. The van der Waals surface area contributed by atoms with E-state index in [9.17, 15) is 8.78 Å². The van der Waals surface area contributed by atoms with Crippen LogP contribution in [0.4, 0.5) is 13.2 Å². The predicted molar refractivity (Wildman–Crippen MR) is 104 cm³/mol. The van der Waals surface area contributed by atoms with Gasteiger partial charge in [0.25, 0.3) is 6.43 Å². The van der Waals surface area contributed by atoms with Gasteiger partial charge < -0.3 is 4.74 Å². The number of aromatic nitrogens is 3. The van der Waals surface area contributed by atoms with Crippen molar-refractivity contribution in [2.24, 2.45) is 0 Å². The fourth-order valence-corrected chi connectivity index (χ4v) is 3.30. The van der Waals surface area contributed by atoms with E-state index in [4.69, 9.17) is 21.6 Å². The molecule has 4 rings (SSSR count). The summed E-state index contributed by atoms with van der Waals surface area (Å²) in [6.07, 6.45) is 0.337. The SMILES string of the molecule is N#Cc1cccc(Oc2c(Cl)ccc(Cc3[nH]nc4cnccc34)c2F)c1C(F)F. The molecule has 0 aliphatic rings. The zero-order chi connectivity index (χ0) is 21.3. The van der Waals surface area contributed by atoms with Crippen molar-refractivity contribution in [3.8, 4) is 17.6 Å². The average molecular weight is 429 g/mol. The maximum absolute atomic E-state index is 15.2. The second-order valence-corrected chi connectivity index (χ2v) is 6.76. The molecule has 4 aromatic rings. The molecule has 5 nitrogen and oxygen atoms in total. The molecule has 1 N–H and O–H groups in total. The molecule has 2 aromatic heterocycles. The van der Waals surface area contributed by atoms with Crippen molar-refractivity contribution in [3.63, 3.8) is 0 Å². The number of ether oxygens (including phenoxy) is 1. The Bertz CT molecular complexity index is 1280. The molecule has 0 saturated heterocycles. The van der Waals surface area contributed by atoms with Crippen molar-refractivity contribution < 1.29 is 17.9 Å². The highest BCUT2D eigenvalue weighted by atomic mass is 35.5. The van der Waals surface area contributed by atoms with Gasteiger partial charge in [0.2, 0.25) is 0 Å². The van der Waals surface area contributed by atoms with Crippen LogP contribution in [0.2, 0.25) is 5.02 Å². The molecule has 30 heavy (non-hydrogen) atoms. The van der Waals surface area contributed by atoms with Crippen LogP contribution in [0, 0.1) is 17.1 Å². The van der Waals surface area contributed by atoms with Gasteiger partial charge in [-0.15, -0.1) is 0 Å². The zero-order valence-corrected chi connectivity index (χ0v) is 15.9. The monoisotopic (exact) mass is 428 g/mol. The van der Waals surface area contributed by atoms with Crippen molar-refractivity contribution in [1.29, 1.82) is 5.26 Å². The first-order chi connectivity index (χ1) is 14.5. The Labute approximate surface area is 173 Å². The molecule has 0 radical (unpaired) electrons. The van der Waals surface area contributed by atoms with Crippen LogP contribution < -0.4 is 4.74 Å². The summed E-state index contributed by atoms with van der Waals surface area (Å²) in [6.45, 7) is 0. The number of fused-ring (bicyclic) bond motifs is 1. The second kappa shape index (κ2) is 8.05. The van der Waals surface area contributed by atoms with Crippen molar-refractivity contribution >= 4 is 22.5 Å². The number of hydrogen-bond donors (Lipinski definition) is 1. The highest BCUT2D eigenvalue weighted by Crippen LogP contribution is 2.39. The van der Waals surface area contributed by atoms with E-state index >= 15 is 4.39 Å². The van der Waals surface area contributed by atoms with Gasteiger partial charge in [0.05, 0.1) is 28.4 Å². The number of rotatable bonds is 5. The standard InChI is InChI=1S/C21H12ClF3N4O/c22-14-5-4-11(8-15-13-6-7-27-10-16(13)29-28-15)19(23)20(14)30-17-3-1-2-12(9-26)18(17)21(24)25/h1-7,10,21H,8H2,(H,28,29). The van der Waals surface area contributed by atoms with E-state index in [1.807, 2.05) is 0 Å².